The van der Waals surface area contributed by atoms with Crippen LogP contribution in [0.3, 0.4) is 0 Å². The molecule has 1 aliphatic heterocycles. The smallest absolute Gasteiger partial charge is 0.379 e. The van der Waals surface area contributed by atoms with Gasteiger partial charge in [0.05, 0.1) is 5.69 Å². The van der Waals surface area contributed by atoms with Gasteiger partial charge in [-0.25, -0.2) is 15.0 Å². The first-order valence-corrected chi connectivity index (χ1v) is 9.14. The van der Waals surface area contributed by atoms with E-state index < -0.39 is 29.0 Å². The monoisotopic (exact) mass is 410 g/mol. The van der Waals surface area contributed by atoms with E-state index in [9.17, 15) is 18.0 Å². The first-order valence-electron chi connectivity index (χ1n) is 8.26. The van der Waals surface area contributed by atoms with E-state index in [-0.39, 0.29) is 10.9 Å². The van der Waals surface area contributed by atoms with Crippen molar-refractivity contribution in [2.24, 2.45) is 10.7 Å². The fourth-order valence-corrected chi connectivity index (χ4v) is 4.06. The number of aromatic nitrogens is 3. The molecule has 2 aromatic heterocycles. The number of nitrogens with two attached hydrogens (primary N) is 1. The van der Waals surface area contributed by atoms with Crippen LogP contribution in [0.1, 0.15) is 42.1 Å². The largest absolute Gasteiger partial charge is 0.435 e. The molecule has 1 amide bonds. The topological polar surface area (TPSA) is 106 Å². The number of thioether (sulfide) groups is 1. The van der Waals surface area contributed by atoms with Crippen LogP contribution in [0.2, 0.25) is 0 Å². The molecule has 148 valence electrons. The van der Waals surface area contributed by atoms with Gasteiger partial charge in [-0.15, -0.1) is 0 Å². The molecule has 0 saturated heterocycles. The molecule has 0 saturated carbocycles. The molecule has 3 N–H and O–H groups in total. The lowest BCUT2D eigenvalue weighted by atomic mass is 9.91. The van der Waals surface area contributed by atoms with E-state index in [1.54, 1.807) is 6.07 Å². The third-order valence-electron chi connectivity index (χ3n) is 4.12. The highest BCUT2D eigenvalue weighted by molar-refractivity contribution is 8.14. The highest BCUT2D eigenvalue weighted by Gasteiger charge is 2.38. The molecule has 0 fully saturated rings. The maximum Gasteiger partial charge on any atom is 0.435 e. The summed E-state index contributed by atoms with van der Waals surface area (Å²) in [7, 11) is 0. The van der Waals surface area contributed by atoms with Crippen molar-refractivity contribution in [2.75, 3.05) is 5.32 Å². The van der Waals surface area contributed by atoms with Gasteiger partial charge in [-0.1, -0.05) is 18.7 Å². The molecule has 0 unspecified atom stereocenters. The molecule has 0 bridgehead atoms. The molecule has 3 rings (SSSR count). The van der Waals surface area contributed by atoms with E-state index >= 15 is 0 Å². The minimum atomic E-state index is -4.79. The van der Waals surface area contributed by atoms with Crippen LogP contribution in [0.15, 0.2) is 35.7 Å². The molecular formula is C17H17F3N6OS. The maximum atomic E-state index is 13.1. The van der Waals surface area contributed by atoms with Crippen LogP contribution in [-0.2, 0) is 11.7 Å². The molecular weight excluding hydrogens is 393 g/mol. The number of carbonyl (C=O) groups excluding carboxylic acids is 1. The third-order valence-corrected chi connectivity index (χ3v) is 5.02. The normalized spacial score (nSPS) is 22.5. The highest BCUT2D eigenvalue weighted by Crippen LogP contribution is 2.38. The Hall–Kier alpha value is -2.69. The summed E-state index contributed by atoms with van der Waals surface area (Å²) in [6.45, 7) is 3.89. The molecule has 7 nitrogen and oxygen atoms in total. The Balaban J connectivity index is 1.89. The van der Waals surface area contributed by atoms with Gasteiger partial charge in [0, 0.05) is 29.5 Å². The predicted molar refractivity (Wildman–Crippen MR) is 99.9 cm³/mol. The van der Waals surface area contributed by atoms with Crippen LogP contribution in [0.5, 0.6) is 0 Å². The molecule has 2 atom stereocenters. The molecule has 1 aliphatic rings. The average Bonchev–Trinajstić information content (AvgIpc) is 2.60. The van der Waals surface area contributed by atoms with Gasteiger partial charge < -0.3 is 11.1 Å². The summed E-state index contributed by atoms with van der Waals surface area (Å²) in [6.07, 6.45) is -0.752. The van der Waals surface area contributed by atoms with Crippen molar-refractivity contribution in [3.05, 3.63) is 47.8 Å². The van der Waals surface area contributed by atoms with Crippen LogP contribution < -0.4 is 11.1 Å². The van der Waals surface area contributed by atoms with E-state index in [4.69, 9.17) is 5.73 Å². The number of nitrogens with zero attached hydrogens (tertiary/aromatic N) is 4. The van der Waals surface area contributed by atoms with Crippen LogP contribution in [0, 0.1) is 0 Å². The highest BCUT2D eigenvalue weighted by atomic mass is 32.2. The molecule has 0 aliphatic carbocycles. The van der Waals surface area contributed by atoms with Crippen molar-refractivity contribution < 1.29 is 18.0 Å². The fourth-order valence-electron chi connectivity index (χ4n) is 2.99. The molecule has 0 aromatic carbocycles. The number of halogens is 3. The van der Waals surface area contributed by atoms with E-state index in [1.807, 2.05) is 13.8 Å². The van der Waals surface area contributed by atoms with Crippen molar-refractivity contribution >= 4 is 28.5 Å². The molecule has 2 aromatic rings. The third kappa shape index (κ3) is 4.24. The summed E-state index contributed by atoms with van der Waals surface area (Å²) in [5, 5.41) is 3.08. The molecule has 0 spiro atoms. The van der Waals surface area contributed by atoms with Crippen LogP contribution in [0.25, 0.3) is 0 Å². The van der Waals surface area contributed by atoms with E-state index in [1.165, 1.54) is 24.0 Å². The number of rotatable bonds is 3. The number of pyridine rings is 1. The summed E-state index contributed by atoms with van der Waals surface area (Å²) in [6, 6.07) is 3.05. The lowest BCUT2D eigenvalue weighted by molar-refractivity contribution is -0.141. The Morgan fingerprint density at radius 2 is 2.00 bits per heavy atom. The van der Waals surface area contributed by atoms with Gasteiger partial charge in [-0.05, 0) is 25.5 Å². The van der Waals surface area contributed by atoms with Gasteiger partial charge in [0.2, 0.25) is 0 Å². The number of alkyl halides is 3. The molecule has 11 heteroatoms. The number of aliphatic imine (C=N–C) groups is 1. The summed E-state index contributed by atoms with van der Waals surface area (Å²) < 4.78 is 39.2. The lowest BCUT2D eigenvalue weighted by Crippen LogP contribution is -2.33. The second kappa shape index (κ2) is 7.38. The first-order chi connectivity index (χ1) is 13.1. The van der Waals surface area contributed by atoms with Gasteiger partial charge in [0.15, 0.2) is 16.6 Å². The van der Waals surface area contributed by atoms with Gasteiger partial charge in [-0.2, -0.15) is 13.2 Å². The summed E-state index contributed by atoms with van der Waals surface area (Å²) in [5.41, 5.74) is 3.87. The molecule has 0 radical (unpaired) electrons. The Morgan fingerprint density at radius 3 is 2.68 bits per heavy atom. The lowest BCUT2D eigenvalue weighted by Gasteiger charge is -2.32. The SMILES string of the molecule is C[C@@H]1C[C@@](C)(c2cc(NC(=O)c3nccnc3C(F)(F)F)ccn2)N=C(N)S1. The predicted octanol–water partition coefficient (Wildman–Crippen LogP) is 3.20. The number of hydrogen-bond donors (Lipinski definition) is 2. The van der Waals surface area contributed by atoms with E-state index in [0.29, 0.717) is 17.3 Å². The number of amides is 1. The van der Waals surface area contributed by atoms with E-state index in [0.717, 1.165) is 12.4 Å². The van der Waals surface area contributed by atoms with Crippen molar-refractivity contribution in [3.63, 3.8) is 0 Å². The second-order valence-corrected chi connectivity index (χ2v) is 7.95. The number of nitrogens with one attached hydrogen (secondary N) is 1. The Bertz CT molecular complexity index is 935. The fraction of sp³-hybridized carbons (Fsp3) is 0.353. The van der Waals surface area contributed by atoms with Crippen molar-refractivity contribution in [3.8, 4) is 0 Å². The summed E-state index contributed by atoms with van der Waals surface area (Å²) in [4.78, 5) is 27.9. The zero-order chi connectivity index (χ0) is 20.5. The van der Waals surface area contributed by atoms with Gasteiger partial charge in [0.1, 0.15) is 5.54 Å². The molecule has 3 heterocycles. The minimum Gasteiger partial charge on any atom is -0.379 e. The second-order valence-electron chi connectivity index (χ2n) is 6.49. The van der Waals surface area contributed by atoms with Gasteiger partial charge >= 0.3 is 6.18 Å². The summed E-state index contributed by atoms with van der Waals surface area (Å²) in [5.74, 6) is -1.02. The Morgan fingerprint density at radius 1 is 1.29 bits per heavy atom. The van der Waals surface area contributed by atoms with Gasteiger partial charge in [0.25, 0.3) is 5.91 Å². The number of hydrogen-bond acceptors (Lipinski definition) is 7. The van der Waals surface area contributed by atoms with Crippen LogP contribution in [-0.4, -0.2) is 31.3 Å². The van der Waals surface area contributed by atoms with Crippen molar-refractivity contribution in [1.82, 2.24) is 15.0 Å². The standard InChI is InChI=1S/C17H17F3N6OS/c1-9-8-16(2,26-15(21)28-9)11-7-10(3-4-22-11)25-14(27)12-13(17(18,19)20)24-6-5-23-12/h3-7,9H,8H2,1-2H3,(H2,21,26)(H,22,25,27)/t9-,16+/m1/s1. The first kappa shape index (κ1) is 20.1. The Labute approximate surface area is 163 Å². The number of anilines is 1. The quantitative estimate of drug-likeness (QED) is 0.805. The van der Waals surface area contributed by atoms with Crippen LogP contribution >= 0.6 is 11.8 Å². The van der Waals surface area contributed by atoms with Crippen molar-refractivity contribution in [1.29, 1.82) is 0 Å². The van der Waals surface area contributed by atoms with E-state index in [2.05, 4.69) is 25.3 Å². The molecule has 28 heavy (non-hydrogen) atoms. The average molecular weight is 410 g/mol. The van der Waals surface area contributed by atoms with Gasteiger partial charge in [-0.3, -0.25) is 9.78 Å². The minimum absolute atomic E-state index is 0.219. The Kier molecular flexibility index (Phi) is 5.28. The van der Waals surface area contributed by atoms with Crippen molar-refractivity contribution in [2.45, 2.75) is 37.2 Å². The zero-order valence-corrected chi connectivity index (χ0v) is 15.8. The number of amidine groups is 1. The summed E-state index contributed by atoms with van der Waals surface area (Å²) >= 11 is 1.46. The number of carbonyl (C=O) groups is 1. The van der Waals surface area contributed by atoms with Crippen LogP contribution in [0.4, 0.5) is 18.9 Å². The maximum absolute atomic E-state index is 13.1. The zero-order valence-electron chi connectivity index (χ0n) is 15.0.